The van der Waals surface area contributed by atoms with Gasteiger partial charge in [0, 0.05) is 30.1 Å². The molecule has 1 amide bonds. The Balaban J connectivity index is 1.24. The van der Waals surface area contributed by atoms with Crippen molar-refractivity contribution in [3.05, 3.63) is 60.2 Å². The Kier molecular flexibility index (Phi) is 9.38. The number of aliphatic hydroxyl groups is 1. The molecule has 5 rings (SSSR count). The maximum atomic E-state index is 13.6. The number of sulfonamides is 1. The molecule has 0 spiro atoms. The first kappa shape index (κ1) is 30.0. The summed E-state index contributed by atoms with van der Waals surface area (Å²) >= 11 is 0. The van der Waals surface area contributed by atoms with Crippen LogP contribution in [-0.4, -0.2) is 68.3 Å². The van der Waals surface area contributed by atoms with Crippen molar-refractivity contribution < 1.29 is 23.1 Å². The van der Waals surface area contributed by atoms with E-state index in [-0.39, 0.29) is 40.4 Å². The number of rotatable bonds is 12. The van der Waals surface area contributed by atoms with Gasteiger partial charge in [0.2, 0.25) is 15.9 Å². The van der Waals surface area contributed by atoms with Crippen molar-refractivity contribution in [2.75, 3.05) is 13.7 Å². The topological polar surface area (TPSA) is 108 Å². The Bertz CT molecular complexity index is 1250. The zero-order valence-electron chi connectivity index (χ0n) is 24.3. The van der Waals surface area contributed by atoms with Crippen LogP contribution in [0.15, 0.2) is 59.5 Å². The van der Waals surface area contributed by atoms with E-state index < -0.39 is 16.1 Å². The van der Waals surface area contributed by atoms with E-state index in [4.69, 9.17) is 4.74 Å². The van der Waals surface area contributed by atoms with E-state index in [2.05, 4.69) is 21.9 Å². The van der Waals surface area contributed by atoms with Crippen molar-refractivity contribution in [3.63, 3.8) is 0 Å². The first-order valence-electron chi connectivity index (χ1n) is 15.2. The lowest BCUT2D eigenvalue weighted by Crippen LogP contribution is -2.56. The number of carbonyl (C=O) groups excluding carboxylic acids is 1. The van der Waals surface area contributed by atoms with Gasteiger partial charge in [-0.05, 0) is 81.2 Å². The van der Waals surface area contributed by atoms with E-state index in [9.17, 15) is 18.3 Å². The average Bonchev–Trinajstić information content (AvgIpc) is 3.55. The minimum atomic E-state index is -3.64. The molecule has 9 heteroatoms. The Labute approximate surface area is 244 Å². The molecule has 2 bridgehead atoms. The van der Waals surface area contributed by atoms with Crippen LogP contribution >= 0.6 is 0 Å². The molecular weight excluding hydrogens is 538 g/mol. The van der Waals surface area contributed by atoms with Gasteiger partial charge in [0.15, 0.2) is 0 Å². The number of piperidine rings is 1. The number of nitrogens with zero attached hydrogens (tertiary/aromatic N) is 1. The molecule has 0 aromatic heterocycles. The number of methoxy groups -OCH3 is 1. The number of hydrogen-bond acceptors (Lipinski definition) is 6. The molecule has 41 heavy (non-hydrogen) atoms. The van der Waals surface area contributed by atoms with Crippen LogP contribution in [0.25, 0.3) is 0 Å². The second-order valence-corrected chi connectivity index (χ2v) is 13.9. The Morgan fingerprint density at radius 1 is 1.05 bits per heavy atom. The average molecular weight is 584 g/mol. The normalized spacial score (nSPS) is 25.5. The van der Waals surface area contributed by atoms with Gasteiger partial charge >= 0.3 is 0 Å². The van der Waals surface area contributed by atoms with Crippen LogP contribution in [-0.2, 0) is 21.2 Å². The van der Waals surface area contributed by atoms with Crippen molar-refractivity contribution >= 4 is 15.9 Å². The van der Waals surface area contributed by atoms with Gasteiger partial charge in [-0.15, -0.1) is 0 Å². The van der Waals surface area contributed by atoms with Crippen LogP contribution in [0.4, 0.5) is 0 Å². The van der Waals surface area contributed by atoms with Crippen LogP contribution in [0.3, 0.4) is 0 Å². The number of aliphatic hydroxyl groups excluding tert-OH is 1. The second-order valence-electron chi connectivity index (χ2n) is 12.2. The zero-order valence-corrected chi connectivity index (χ0v) is 25.1. The number of amides is 1. The lowest BCUT2D eigenvalue weighted by Gasteiger charge is -2.41. The van der Waals surface area contributed by atoms with Crippen LogP contribution in [0.2, 0.25) is 0 Å². The molecule has 4 unspecified atom stereocenters. The van der Waals surface area contributed by atoms with Gasteiger partial charge in [0.25, 0.3) is 0 Å². The van der Waals surface area contributed by atoms with Gasteiger partial charge in [0.05, 0.1) is 24.2 Å². The Hall–Kier alpha value is -2.46. The molecule has 3 fully saturated rings. The van der Waals surface area contributed by atoms with Crippen LogP contribution in [0.5, 0.6) is 5.75 Å². The predicted molar refractivity (Wildman–Crippen MR) is 159 cm³/mol. The van der Waals surface area contributed by atoms with Crippen molar-refractivity contribution in [1.82, 2.24) is 14.9 Å². The molecule has 3 aliphatic rings. The summed E-state index contributed by atoms with van der Waals surface area (Å²) in [6.45, 7) is 2.56. The molecular formula is C32H45N3O5S. The molecule has 4 atom stereocenters. The van der Waals surface area contributed by atoms with Gasteiger partial charge in [-0.1, -0.05) is 50.1 Å². The molecule has 224 valence electrons. The smallest absolute Gasteiger partial charge is 0.240 e. The summed E-state index contributed by atoms with van der Waals surface area (Å²) in [5.41, 5.74) is 0.760. The summed E-state index contributed by atoms with van der Waals surface area (Å²) in [7, 11) is -2.09. The highest BCUT2D eigenvalue weighted by atomic mass is 32.2. The van der Waals surface area contributed by atoms with Crippen molar-refractivity contribution in [2.45, 2.75) is 106 Å². The van der Waals surface area contributed by atoms with Gasteiger partial charge in [0.1, 0.15) is 5.75 Å². The number of fused-ring (bicyclic) bond motifs is 2. The fraction of sp³-hybridized carbons (Fsp3) is 0.594. The Morgan fingerprint density at radius 3 is 2.27 bits per heavy atom. The Morgan fingerprint density at radius 2 is 1.68 bits per heavy atom. The fourth-order valence-corrected chi connectivity index (χ4v) is 8.58. The van der Waals surface area contributed by atoms with Gasteiger partial charge in [-0.25, -0.2) is 13.1 Å². The summed E-state index contributed by atoms with van der Waals surface area (Å²) in [4.78, 5) is 16.1. The van der Waals surface area contributed by atoms with Gasteiger partial charge < -0.3 is 15.2 Å². The third-order valence-corrected chi connectivity index (χ3v) is 11.3. The number of carbonyl (C=O) groups is 1. The second kappa shape index (κ2) is 12.8. The standard InChI is InChI=1S/C32H45N3O5S/c1-3-32(17-7-8-18-32)31(37)33-29(19-23-9-5-4-6-10-23)30(36)22-35-25-11-12-26(35)21-24(20-25)34-41(38,39)28-15-13-27(40-2)14-16-28/h4-6,9-10,13-16,24-26,29-30,34,36H,3,7-8,11-12,17-22H2,1-2H3,(H,33,37). The minimum absolute atomic E-state index is 0.0760. The number of hydrogen-bond donors (Lipinski definition) is 3. The van der Waals surface area contributed by atoms with Crippen LogP contribution < -0.4 is 14.8 Å². The summed E-state index contributed by atoms with van der Waals surface area (Å²) in [5, 5.41) is 14.9. The highest BCUT2D eigenvalue weighted by Crippen LogP contribution is 2.41. The first-order valence-corrected chi connectivity index (χ1v) is 16.7. The third kappa shape index (κ3) is 6.79. The minimum Gasteiger partial charge on any atom is -0.497 e. The molecule has 2 heterocycles. The molecule has 3 N–H and O–H groups in total. The fourth-order valence-electron chi connectivity index (χ4n) is 7.32. The highest BCUT2D eigenvalue weighted by Gasteiger charge is 2.44. The maximum Gasteiger partial charge on any atom is 0.240 e. The molecule has 2 saturated heterocycles. The summed E-state index contributed by atoms with van der Waals surface area (Å²) < 4.78 is 34.2. The van der Waals surface area contributed by atoms with E-state index in [0.29, 0.717) is 31.6 Å². The zero-order chi connectivity index (χ0) is 29.0. The first-order chi connectivity index (χ1) is 19.7. The molecule has 2 aromatic carbocycles. The van der Waals surface area contributed by atoms with Gasteiger partial charge in [-0.3, -0.25) is 9.69 Å². The predicted octanol–water partition coefficient (Wildman–Crippen LogP) is 4.03. The molecule has 8 nitrogen and oxygen atoms in total. The maximum absolute atomic E-state index is 13.6. The SMILES string of the molecule is CCC1(C(=O)NC(Cc2ccccc2)C(O)CN2C3CCC2CC(NS(=O)(=O)c2ccc(OC)cc2)C3)CCCC1. The van der Waals surface area contributed by atoms with Crippen molar-refractivity contribution in [1.29, 1.82) is 0 Å². The molecule has 2 aromatic rings. The number of ether oxygens (including phenoxy) is 1. The van der Waals surface area contributed by atoms with Crippen molar-refractivity contribution in [3.8, 4) is 5.75 Å². The molecule has 2 aliphatic heterocycles. The lowest BCUT2D eigenvalue weighted by molar-refractivity contribution is -0.132. The molecule has 1 aliphatic carbocycles. The summed E-state index contributed by atoms with van der Waals surface area (Å²) in [5.74, 6) is 0.691. The third-order valence-electron chi connectivity index (χ3n) is 9.77. The largest absolute Gasteiger partial charge is 0.497 e. The van der Waals surface area contributed by atoms with Crippen molar-refractivity contribution in [2.24, 2.45) is 5.41 Å². The monoisotopic (exact) mass is 583 g/mol. The van der Waals surface area contributed by atoms with Crippen LogP contribution in [0, 0.1) is 5.41 Å². The molecule has 1 saturated carbocycles. The summed E-state index contributed by atoms with van der Waals surface area (Å²) in [6.07, 6.45) is 7.99. The van der Waals surface area contributed by atoms with E-state index >= 15 is 0 Å². The van der Waals surface area contributed by atoms with Gasteiger partial charge in [-0.2, -0.15) is 0 Å². The highest BCUT2D eigenvalue weighted by molar-refractivity contribution is 7.89. The van der Waals surface area contributed by atoms with E-state index in [1.165, 1.54) is 0 Å². The van der Waals surface area contributed by atoms with E-state index in [1.54, 1.807) is 31.4 Å². The number of benzene rings is 2. The van der Waals surface area contributed by atoms with E-state index in [0.717, 1.165) is 50.5 Å². The van der Waals surface area contributed by atoms with Crippen LogP contribution in [0.1, 0.15) is 70.3 Å². The van der Waals surface area contributed by atoms with E-state index in [1.807, 2.05) is 30.3 Å². The molecule has 0 radical (unpaired) electrons. The lowest BCUT2D eigenvalue weighted by atomic mass is 9.82. The number of nitrogens with one attached hydrogen (secondary N) is 2. The quantitative estimate of drug-likeness (QED) is 0.348. The summed E-state index contributed by atoms with van der Waals surface area (Å²) in [6, 6.07) is 16.3.